The second kappa shape index (κ2) is 5.78. The Labute approximate surface area is 117 Å². The lowest BCUT2D eigenvalue weighted by molar-refractivity contribution is 0.480. The van der Waals surface area contributed by atoms with E-state index in [4.69, 9.17) is 23.2 Å². The Morgan fingerprint density at radius 3 is 2.78 bits per heavy atom. The van der Waals surface area contributed by atoms with Crippen molar-refractivity contribution in [3.05, 3.63) is 33.8 Å². The third-order valence-electron chi connectivity index (χ3n) is 3.06. The first-order chi connectivity index (χ1) is 8.46. The third kappa shape index (κ3) is 3.85. The number of hydrogen-bond donors (Lipinski definition) is 1. The molecule has 1 fully saturated rings. The minimum Gasteiger partial charge on any atom is -0.309 e. The Morgan fingerprint density at radius 2 is 2.11 bits per heavy atom. The van der Waals surface area contributed by atoms with Gasteiger partial charge < -0.3 is 5.32 Å². The van der Waals surface area contributed by atoms with Crippen molar-refractivity contribution in [3.8, 4) is 0 Å². The van der Waals surface area contributed by atoms with Crippen molar-refractivity contribution in [1.82, 2.24) is 5.32 Å². The quantitative estimate of drug-likeness (QED) is 0.934. The highest BCUT2D eigenvalue weighted by Gasteiger charge is 2.24. The van der Waals surface area contributed by atoms with Crippen LogP contribution >= 0.6 is 23.2 Å². The van der Waals surface area contributed by atoms with E-state index in [2.05, 4.69) is 5.32 Å². The minimum atomic E-state index is -2.87. The molecule has 1 N–H and O–H groups in total. The lowest BCUT2D eigenvalue weighted by Crippen LogP contribution is -2.39. The zero-order valence-electron chi connectivity index (χ0n) is 9.83. The van der Waals surface area contributed by atoms with Crippen LogP contribution in [0.3, 0.4) is 0 Å². The molecule has 0 aliphatic carbocycles. The summed E-state index contributed by atoms with van der Waals surface area (Å²) in [5, 5.41) is 4.45. The van der Waals surface area contributed by atoms with Gasteiger partial charge in [0.05, 0.1) is 11.5 Å². The topological polar surface area (TPSA) is 46.2 Å². The smallest absolute Gasteiger partial charge is 0.151 e. The number of rotatable bonds is 3. The van der Waals surface area contributed by atoms with Crippen molar-refractivity contribution >= 4 is 33.0 Å². The van der Waals surface area contributed by atoms with Crippen LogP contribution in [-0.2, 0) is 16.4 Å². The van der Waals surface area contributed by atoms with E-state index in [0.29, 0.717) is 22.3 Å². The van der Waals surface area contributed by atoms with Crippen molar-refractivity contribution in [2.24, 2.45) is 0 Å². The van der Waals surface area contributed by atoms with E-state index in [1.165, 1.54) is 0 Å². The predicted molar refractivity (Wildman–Crippen MR) is 75.0 cm³/mol. The molecule has 1 aliphatic rings. The van der Waals surface area contributed by atoms with Gasteiger partial charge >= 0.3 is 0 Å². The molecule has 0 spiro atoms. The average molecular weight is 308 g/mol. The van der Waals surface area contributed by atoms with Crippen LogP contribution in [0.15, 0.2) is 18.2 Å². The van der Waals surface area contributed by atoms with Crippen molar-refractivity contribution in [1.29, 1.82) is 0 Å². The van der Waals surface area contributed by atoms with E-state index in [-0.39, 0.29) is 11.8 Å². The van der Waals surface area contributed by atoms with Gasteiger partial charge in [-0.25, -0.2) is 8.42 Å². The summed E-state index contributed by atoms with van der Waals surface area (Å²) in [5.41, 5.74) is 0.934. The summed E-state index contributed by atoms with van der Waals surface area (Å²) in [7, 11) is -2.87. The first-order valence-corrected chi connectivity index (χ1v) is 8.42. The highest BCUT2D eigenvalue weighted by Crippen LogP contribution is 2.21. The number of nitrogens with one attached hydrogen (secondary N) is 1. The van der Waals surface area contributed by atoms with Gasteiger partial charge in [0.25, 0.3) is 0 Å². The molecule has 1 aliphatic heterocycles. The molecule has 0 radical (unpaired) electrons. The Morgan fingerprint density at radius 1 is 1.33 bits per heavy atom. The molecule has 100 valence electrons. The second-order valence-corrected chi connectivity index (χ2v) is 7.64. The average Bonchev–Trinajstić information content (AvgIpc) is 2.26. The van der Waals surface area contributed by atoms with E-state index in [1.807, 2.05) is 6.07 Å². The zero-order valence-corrected chi connectivity index (χ0v) is 12.2. The largest absolute Gasteiger partial charge is 0.309 e. The monoisotopic (exact) mass is 307 g/mol. The molecule has 0 bridgehead atoms. The first-order valence-electron chi connectivity index (χ1n) is 5.84. The maximum absolute atomic E-state index is 11.5. The van der Waals surface area contributed by atoms with Gasteiger partial charge in [0, 0.05) is 22.6 Å². The van der Waals surface area contributed by atoms with Gasteiger partial charge in [-0.1, -0.05) is 29.3 Å². The van der Waals surface area contributed by atoms with Crippen LogP contribution < -0.4 is 5.32 Å². The van der Waals surface area contributed by atoms with Crippen molar-refractivity contribution in [2.75, 3.05) is 11.5 Å². The van der Waals surface area contributed by atoms with Crippen LogP contribution in [0.5, 0.6) is 0 Å². The van der Waals surface area contributed by atoms with Gasteiger partial charge in [-0.3, -0.25) is 0 Å². The lowest BCUT2D eigenvalue weighted by atomic mass is 10.1. The Hall–Kier alpha value is -0.290. The Bertz CT molecular complexity index is 531. The molecule has 18 heavy (non-hydrogen) atoms. The van der Waals surface area contributed by atoms with Crippen molar-refractivity contribution in [2.45, 2.75) is 25.4 Å². The van der Waals surface area contributed by atoms with Crippen molar-refractivity contribution in [3.63, 3.8) is 0 Å². The molecule has 0 aromatic heterocycles. The molecule has 2 rings (SSSR count). The Balaban J connectivity index is 1.95. The van der Waals surface area contributed by atoms with E-state index >= 15 is 0 Å². The van der Waals surface area contributed by atoms with Gasteiger partial charge in [-0.2, -0.15) is 0 Å². The molecular formula is C12H15Cl2NO2S. The molecular weight excluding hydrogens is 293 g/mol. The number of benzene rings is 1. The minimum absolute atomic E-state index is 0.0236. The molecule has 1 aromatic carbocycles. The van der Waals surface area contributed by atoms with Gasteiger partial charge in [-0.05, 0) is 30.5 Å². The van der Waals surface area contributed by atoms with Crippen LogP contribution in [0.4, 0.5) is 0 Å². The Kier molecular flexibility index (Phi) is 4.54. The fourth-order valence-corrected chi connectivity index (χ4v) is 4.25. The number of hydrogen-bond acceptors (Lipinski definition) is 3. The van der Waals surface area contributed by atoms with E-state index < -0.39 is 9.84 Å². The lowest BCUT2D eigenvalue weighted by Gasteiger charge is -2.23. The molecule has 1 unspecified atom stereocenters. The molecule has 3 nitrogen and oxygen atoms in total. The maximum atomic E-state index is 11.5. The molecule has 6 heteroatoms. The molecule has 1 aromatic rings. The maximum Gasteiger partial charge on any atom is 0.151 e. The summed E-state index contributed by atoms with van der Waals surface area (Å²) >= 11 is 11.9. The number of sulfone groups is 1. The molecule has 0 amide bonds. The van der Waals surface area contributed by atoms with Crippen LogP contribution in [0.25, 0.3) is 0 Å². The van der Waals surface area contributed by atoms with Crippen LogP contribution in [0.1, 0.15) is 18.4 Å². The summed E-state index contributed by atoms with van der Waals surface area (Å²) in [4.78, 5) is 0. The normalized spacial score (nSPS) is 22.9. The van der Waals surface area contributed by atoms with Gasteiger partial charge in [0.2, 0.25) is 0 Å². The molecule has 1 atom stereocenters. The summed E-state index contributed by atoms with van der Waals surface area (Å²) in [6, 6.07) is 5.35. The number of halogens is 2. The van der Waals surface area contributed by atoms with Gasteiger partial charge in [0.1, 0.15) is 0 Å². The van der Waals surface area contributed by atoms with E-state index in [1.54, 1.807) is 12.1 Å². The zero-order chi connectivity index (χ0) is 13.2. The summed E-state index contributed by atoms with van der Waals surface area (Å²) in [5.74, 6) is 0.533. The fraction of sp³-hybridized carbons (Fsp3) is 0.500. The van der Waals surface area contributed by atoms with Crippen LogP contribution in [-0.4, -0.2) is 26.0 Å². The van der Waals surface area contributed by atoms with Gasteiger partial charge in [-0.15, -0.1) is 0 Å². The van der Waals surface area contributed by atoms with E-state index in [9.17, 15) is 8.42 Å². The standard InChI is InChI=1S/C12H15Cl2NO2S/c13-10-4-3-9(12(14)6-10)7-15-11-2-1-5-18(16,17)8-11/h3-4,6,11,15H,1-2,5,7-8H2. The summed E-state index contributed by atoms with van der Waals surface area (Å²) < 4.78 is 23.0. The molecule has 1 heterocycles. The SMILES string of the molecule is O=S1(=O)CCCC(NCc2ccc(Cl)cc2Cl)C1. The third-order valence-corrected chi connectivity index (χ3v) is 5.47. The second-order valence-electron chi connectivity index (χ2n) is 4.57. The molecule has 1 saturated heterocycles. The predicted octanol–water partition coefficient (Wildman–Crippen LogP) is 2.66. The summed E-state index contributed by atoms with van der Waals surface area (Å²) in [6.45, 7) is 0.566. The highest BCUT2D eigenvalue weighted by atomic mass is 35.5. The van der Waals surface area contributed by atoms with Gasteiger partial charge in [0.15, 0.2) is 9.84 Å². The van der Waals surface area contributed by atoms with Crippen LogP contribution in [0.2, 0.25) is 10.0 Å². The van der Waals surface area contributed by atoms with Crippen LogP contribution in [0, 0.1) is 0 Å². The van der Waals surface area contributed by atoms with Crippen molar-refractivity contribution < 1.29 is 8.42 Å². The first kappa shape index (κ1) is 14.1. The van der Waals surface area contributed by atoms with E-state index in [0.717, 1.165) is 18.4 Å². The fourth-order valence-electron chi connectivity index (χ4n) is 2.10. The molecule has 0 saturated carbocycles. The summed E-state index contributed by atoms with van der Waals surface area (Å²) in [6.07, 6.45) is 1.62. The highest BCUT2D eigenvalue weighted by molar-refractivity contribution is 7.91.